The van der Waals surface area contributed by atoms with Gasteiger partial charge in [0.15, 0.2) is 10.9 Å². The molecule has 1 aromatic carbocycles. The van der Waals surface area contributed by atoms with Gasteiger partial charge < -0.3 is 9.73 Å². The number of carbonyl (C=O) groups is 1. The van der Waals surface area contributed by atoms with E-state index in [9.17, 15) is 4.79 Å². The van der Waals surface area contributed by atoms with Gasteiger partial charge in [-0.2, -0.15) is 5.10 Å². The highest BCUT2D eigenvalue weighted by molar-refractivity contribution is 7.98. The van der Waals surface area contributed by atoms with Crippen molar-refractivity contribution in [1.82, 2.24) is 10.2 Å². The summed E-state index contributed by atoms with van der Waals surface area (Å²) >= 11 is 1.46. The van der Waals surface area contributed by atoms with Crippen LogP contribution in [0.25, 0.3) is 11.3 Å². The molecule has 0 radical (unpaired) electrons. The van der Waals surface area contributed by atoms with Crippen LogP contribution in [0.3, 0.4) is 0 Å². The van der Waals surface area contributed by atoms with E-state index in [2.05, 4.69) is 15.5 Å². The van der Waals surface area contributed by atoms with Crippen molar-refractivity contribution < 1.29 is 9.21 Å². The quantitative estimate of drug-likeness (QED) is 0.721. The number of nitrogens with zero attached hydrogens (tertiary/aromatic N) is 1. The molecule has 21 heavy (non-hydrogen) atoms. The Morgan fingerprint density at radius 3 is 2.90 bits per heavy atom. The molecule has 0 saturated carbocycles. The van der Waals surface area contributed by atoms with Crippen molar-refractivity contribution in [1.29, 1.82) is 0 Å². The van der Waals surface area contributed by atoms with Gasteiger partial charge in [-0.3, -0.25) is 9.89 Å². The molecular formula is C15H13N3O2S. The SMILES string of the molecule is CSc1ccc(C(=O)Nc2cccc(-c3ccn[nH]3)c2)o1. The summed E-state index contributed by atoms with van der Waals surface area (Å²) in [6.07, 6.45) is 3.59. The number of amides is 1. The zero-order valence-corrected chi connectivity index (χ0v) is 12.1. The standard InChI is InChI=1S/C15H13N3O2S/c1-21-14-6-5-13(20-14)15(19)17-11-4-2-3-10(9-11)12-7-8-16-18-12/h2-9H,1H3,(H,16,18)(H,17,19). The summed E-state index contributed by atoms with van der Waals surface area (Å²) in [6, 6.07) is 12.8. The van der Waals surface area contributed by atoms with E-state index >= 15 is 0 Å². The third-order valence-corrected chi connectivity index (χ3v) is 3.56. The Hall–Kier alpha value is -2.47. The van der Waals surface area contributed by atoms with E-state index in [0.29, 0.717) is 16.5 Å². The minimum atomic E-state index is -0.267. The van der Waals surface area contributed by atoms with Crippen LogP contribution >= 0.6 is 11.8 Å². The molecule has 6 heteroatoms. The van der Waals surface area contributed by atoms with Crippen molar-refractivity contribution in [3.63, 3.8) is 0 Å². The van der Waals surface area contributed by atoms with Crippen LogP contribution in [0.5, 0.6) is 0 Å². The summed E-state index contributed by atoms with van der Waals surface area (Å²) in [5, 5.41) is 10.3. The molecule has 0 spiro atoms. The van der Waals surface area contributed by atoms with E-state index < -0.39 is 0 Å². The first-order chi connectivity index (χ1) is 10.3. The summed E-state index contributed by atoms with van der Waals surface area (Å²) in [4.78, 5) is 12.1. The minimum Gasteiger partial charge on any atom is -0.445 e. The van der Waals surface area contributed by atoms with Crippen molar-refractivity contribution in [3.8, 4) is 11.3 Å². The highest BCUT2D eigenvalue weighted by Crippen LogP contribution is 2.22. The van der Waals surface area contributed by atoms with Gasteiger partial charge in [-0.05, 0) is 36.6 Å². The summed E-state index contributed by atoms with van der Waals surface area (Å²) in [6.45, 7) is 0. The number of aromatic nitrogens is 2. The average Bonchev–Trinajstić information content (AvgIpc) is 3.19. The number of aromatic amines is 1. The Balaban J connectivity index is 1.78. The second-order valence-electron chi connectivity index (χ2n) is 4.33. The third-order valence-electron chi connectivity index (χ3n) is 2.94. The maximum atomic E-state index is 12.1. The fourth-order valence-electron chi connectivity index (χ4n) is 1.93. The number of anilines is 1. The number of nitrogens with one attached hydrogen (secondary N) is 2. The van der Waals surface area contributed by atoms with Crippen LogP contribution in [0.15, 0.2) is 58.2 Å². The van der Waals surface area contributed by atoms with E-state index in [-0.39, 0.29) is 5.91 Å². The van der Waals surface area contributed by atoms with Gasteiger partial charge in [-0.1, -0.05) is 23.9 Å². The first kappa shape index (κ1) is 13.5. The second-order valence-corrected chi connectivity index (χ2v) is 5.14. The molecule has 0 saturated heterocycles. The van der Waals surface area contributed by atoms with Crippen molar-refractivity contribution in [2.24, 2.45) is 0 Å². The molecule has 5 nitrogen and oxygen atoms in total. The van der Waals surface area contributed by atoms with Gasteiger partial charge in [0.05, 0.1) is 5.69 Å². The van der Waals surface area contributed by atoms with Crippen LogP contribution in [0.2, 0.25) is 0 Å². The highest BCUT2D eigenvalue weighted by atomic mass is 32.2. The molecule has 2 heterocycles. The van der Waals surface area contributed by atoms with Gasteiger partial charge in [0.1, 0.15) is 0 Å². The van der Waals surface area contributed by atoms with Gasteiger partial charge in [0.25, 0.3) is 5.91 Å². The van der Waals surface area contributed by atoms with E-state index in [1.165, 1.54) is 11.8 Å². The minimum absolute atomic E-state index is 0.267. The highest BCUT2D eigenvalue weighted by Gasteiger charge is 2.11. The molecular weight excluding hydrogens is 286 g/mol. The molecule has 3 rings (SSSR count). The fraction of sp³-hybridized carbons (Fsp3) is 0.0667. The van der Waals surface area contributed by atoms with Crippen LogP contribution in [0.4, 0.5) is 5.69 Å². The van der Waals surface area contributed by atoms with Crippen LogP contribution in [-0.2, 0) is 0 Å². The van der Waals surface area contributed by atoms with E-state index in [1.807, 2.05) is 36.6 Å². The first-order valence-electron chi connectivity index (χ1n) is 6.31. The van der Waals surface area contributed by atoms with Gasteiger partial charge in [-0.25, -0.2) is 0 Å². The number of thioether (sulfide) groups is 1. The Kier molecular flexibility index (Phi) is 3.79. The maximum absolute atomic E-state index is 12.1. The third kappa shape index (κ3) is 3.00. The van der Waals surface area contributed by atoms with Gasteiger partial charge in [0.2, 0.25) is 0 Å². The molecule has 0 bridgehead atoms. The number of rotatable bonds is 4. The number of H-pyrrole nitrogens is 1. The topological polar surface area (TPSA) is 70.9 Å². The van der Waals surface area contributed by atoms with E-state index in [0.717, 1.165) is 11.3 Å². The molecule has 106 valence electrons. The number of carbonyl (C=O) groups excluding carboxylic acids is 1. The van der Waals surface area contributed by atoms with Crippen LogP contribution in [-0.4, -0.2) is 22.4 Å². The van der Waals surface area contributed by atoms with Crippen molar-refractivity contribution in [2.45, 2.75) is 5.09 Å². The van der Waals surface area contributed by atoms with Crippen molar-refractivity contribution >= 4 is 23.4 Å². The molecule has 2 N–H and O–H groups in total. The molecule has 0 atom stereocenters. The monoisotopic (exact) mass is 299 g/mol. The zero-order valence-electron chi connectivity index (χ0n) is 11.3. The van der Waals surface area contributed by atoms with Crippen LogP contribution < -0.4 is 5.32 Å². The zero-order chi connectivity index (χ0) is 14.7. The van der Waals surface area contributed by atoms with E-state index in [1.54, 1.807) is 18.3 Å². The lowest BCUT2D eigenvalue weighted by molar-refractivity contribution is 0.0992. The Labute approximate surface area is 125 Å². The van der Waals surface area contributed by atoms with E-state index in [4.69, 9.17) is 4.42 Å². The Morgan fingerprint density at radius 2 is 2.19 bits per heavy atom. The van der Waals surface area contributed by atoms with Gasteiger partial charge in [0, 0.05) is 17.4 Å². The number of benzene rings is 1. The van der Waals surface area contributed by atoms with Crippen molar-refractivity contribution in [3.05, 3.63) is 54.4 Å². The smallest absolute Gasteiger partial charge is 0.291 e. The summed E-state index contributed by atoms with van der Waals surface area (Å²) in [7, 11) is 0. The molecule has 3 aromatic rings. The predicted molar refractivity (Wildman–Crippen MR) is 82.5 cm³/mol. The molecule has 0 aliphatic carbocycles. The molecule has 2 aromatic heterocycles. The largest absolute Gasteiger partial charge is 0.445 e. The number of hydrogen-bond acceptors (Lipinski definition) is 4. The molecule has 0 fully saturated rings. The second kappa shape index (κ2) is 5.88. The fourth-order valence-corrected chi connectivity index (χ4v) is 2.30. The van der Waals surface area contributed by atoms with Gasteiger partial charge in [-0.15, -0.1) is 0 Å². The van der Waals surface area contributed by atoms with Gasteiger partial charge >= 0.3 is 0 Å². The Bertz CT molecular complexity index is 750. The summed E-state index contributed by atoms with van der Waals surface area (Å²) in [5.41, 5.74) is 2.55. The first-order valence-corrected chi connectivity index (χ1v) is 7.54. The summed E-state index contributed by atoms with van der Waals surface area (Å²) < 4.78 is 5.40. The Morgan fingerprint density at radius 1 is 1.29 bits per heavy atom. The average molecular weight is 299 g/mol. The predicted octanol–water partition coefficient (Wildman–Crippen LogP) is 3.64. The lowest BCUT2D eigenvalue weighted by atomic mass is 10.1. The van der Waals surface area contributed by atoms with Crippen molar-refractivity contribution in [2.75, 3.05) is 11.6 Å². The molecule has 1 amide bonds. The lowest BCUT2D eigenvalue weighted by Gasteiger charge is -2.05. The number of furan rings is 1. The van der Waals surface area contributed by atoms with Crippen LogP contribution in [0, 0.1) is 0 Å². The van der Waals surface area contributed by atoms with Crippen LogP contribution in [0.1, 0.15) is 10.6 Å². The summed E-state index contributed by atoms with van der Waals surface area (Å²) in [5.74, 6) is 0.0309. The lowest BCUT2D eigenvalue weighted by Crippen LogP contribution is -2.10. The molecule has 0 aliphatic rings. The molecule has 0 unspecified atom stereocenters. The molecule has 0 aliphatic heterocycles. The normalized spacial score (nSPS) is 10.5. The number of hydrogen-bond donors (Lipinski definition) is 2. The maximum Gasteiger partial charge on any atom is 0.291 e.